The van der Waals surface area contributed by atoms with Crippen LogP contribution in [0.5, 0.6) is 0 Å². The largest absolute Gasteiger partial charge is 0.348 e. The van der Waals surface area contributed by atoms with Gasteiger partial charge in [0.15, 0.2) is 0 Å². The summed E-state index contributed by atoms with van der Waals surface area (Å²) in [6, 6.07) is 11.7. The summed E-state index contributed by atoms with van der Waals surface area (Å²) in [5, 5.41) is 4.85. The third kappa shape index (κ3) is 5.89. The average Bonchev–Trinajstić information content (AvgIpc) is 2.74. The van der Waals surface area contributed by atoms with Crippen molar-refractivity contribution in [2.24, 2.45) is 0 Å². The van der Waals surface area contributed by atoms with E-state index in [2.05, 4.69) is 10.6 Å². The number of hydrogen-bond acceptors (Lipinski definition) is 4. The van der Waals surface area contributed by atoms with Gasteiger partial charge in [-0.15, -0.1) is 0 Å². The molecule has 0 saturated carbocycles. The summed E-state index contributed by atoms with van der Waals surface area (Å²) in [5.74, 6) is -2.28. The fourth-order valence-electron chi connectivity index (χ4n) is 3.61. The normalized spacial score (nSPS) is 17.2. The number of amides is 2. The number of hydrogen-bond donors (Lipinski definition) is 2. The van der Waals surface area contributed by atoms with E-state index >= 15 is 0 Å². The Morgan fingerprint density at radius 1 is 1.10 bits per heavy atom. The molecule has 0 spiro atoms. The van der Waals surface area contributed by atoms with E-state index in [1.165, 1.54) is 22.5 Å². The van der Waals surface area contributed by atoms with Crippen molar-refractivity contribution in [3.63, 3.8) is 0 Å². The summed E-state index contributed by atoms with van der Waals surface area (Å²) in [4.78, 5) is 24.3. The SMILES string of the molecule is Cc1ccc(S(=O)(=O)N2CCCC[C@H]2CCNC(=O)C(=O)Nc2cccc(F)c2)cc1. The number of benzene rings is 2. The number of sulfonamides is 1. The Labute approximate surface area is 181 Å². The van der Waals surface area contributed by atoms with Gasteiger partial charge in [-0.3, -0.25) is 9.59 Å². The Bertz CT molecular complexity index is 1040. The van der Waals surface area contributed by atoms with E-state index in [-0.39, 0.29) is 23.2 Å². The third-order valence-electron chi connectivity index (χ3n) is 5.25. The monoisotopic (exact) mass is 447 g/mol. The van der Waals surface area contributed by atoms with Crippen molar-refractivity contribution in [2.45, 2.75) is 43.5 Å². The maximum atomic E-state index is 13.2. The summed E-state index contributed by atoms with van der Waals surface area (Å²) < 4.78 is 40.9. The summed E-state index contributed by atoms with van der Waals surface area (Å²) in [7, 11) is -3.63. The number of anilines is 1. The van der Waals surface area contributed by atoms with E-state index in [1.807, 2.05) is 6.92 Å². The van der Waals surface area contributed by atoms with Gasteiger partial charge in [0, 0.05) is 24.8 Å². The molecule has 2 aromatic rings. The second-order valence-electron chi connectivity index (χ2n) is 7.59. The zero-order chi connectivity index (χ0) is 22.4. The van der Waals surface area contributed by atoms with Gasteiger partial charge in [0.1, 0.15) is 5.82 Å². The Morgan fingerprint density at radius 3 is 2.55 bits per heavy atom. The molecule has 9 heteroatoms. The van der Waals surface area contributed by atoms with Crippen molar-refractivity contribution >= 4 is 27.5 Å². The van der Waals surface area contributed by atoms with Gasteiger partial charge in [0.05, 0.1) is 4.90 Å². The molecule has 0 bridgehead atoms. The number of rotatable bonds is 6. The first-order valence-electron chi connectivity index (χ1n) is 10.2. The lowest BCUT2D eigenvalue weighted by Crippen LogP contribution is -2.45. The van der Waals surface area contributed by atoms with Crippen LogP contribution in [0.3, 0.4) is 0 Å². The van der Waals surface area contributed by atoms with E-state index < -0.39 is 27.7 Å². The Kier molecular flexibility index (Phi) is 7.40. The fraction of sp³-hybridized carbons (Fsp3) is 0.364. The summed E-state index contributed by atoms with van der Waals surface area (Å²) in [6.07, 6.45) is 2.77. The minimum absolute atomic E-state index is 0.153. The van der Waals surface area contributed by atoms with Crippen molar-refractivity contribution in [1.82, 2.24) is 9.62 Å². The van der Waals surface area contributed by atoms with Crippen LogP contribution in [0.2, 0.25) is 0 Å². The maximum Gasteiger partial charge on any atom is 0.313 e. The van der Waals surface area contributed by atoms with Crippen LogP contribution in [0.1, 0.15) is 31.2 Å². The molecule has 2 N–H and O–H groups in total. The van der Waals surface area contributed by atoms with Crippen LogP contribution in [0, 0.1) is 12.7 Å². The van der Waals surface area contributed by atoms with Gasteiger partial charge in [-0.2, -0.15) is 4.31 Å². The van der Waals surface area contributed by atoms with E-state index in [9.17, 15) is 22.4 Å². The highest BCUT2D eigenvalue weighted by molar-refractivity contribution is 7.89. The lowest BCUT2D eigenvalue weighted by molar-refractivity contribution is -0.136. The number of carbonyl (C=O) groups excluding carboxylic acids is 2. The molecule has 1 saturated heterocycles. The number of aryl methyl sites for hydroxylation is 1. The van der Waals surface area contributed by atoms with Gasteiger partial charge < -0.3 is 10.6 Å². The first-order chi connectivity index (χ1) is 14.8. The molecule has 2 amide bonds. The zero-order valence-electron chi connectivity index (χ0n) is 17.3. The lowest BCUT2D eigenvalue weighted by Gasteiger charge is -2.34. The summed E-state index contributed by atoms with van der Waals surface area (Å²) in [6.45, 7) is 2.47. The smallest absolute Gasteiger partial charge is 0.313 e. The van der Waals surface area contributed by atoms with Gasteiger partial charge in [0.25, 0.3) is 0 Å². The van der Waals surface area contributed by atoms with Crippen molar-refractivity contribution < 1.29 is 22.4 Å². The van der Waals surface area contributed by atoms with Crippen molar-refractivity contribution in [3.05, 3.63) is 59.9 Å². The van der Waals surface area contributed by atoms with Crippen molar-refractivity contribution in [2.75, 3.05) is 18.4 Å². The number of halogens is 1. The molecule has 2 aromatic carbocycles. The molecule has 1 aliphatic rings. The molecule has 1 fully saturated rings. The van der Waals surface area contributed by atoms with Gasteiger partial charge in [-0.1, -0.05) is 30.2 Å². The fourth-order valence-corrected chi connectivity index (χ4v) is 5.33. The summed E-state index contributed by atoms with van der Waals surface area (Å²) >= 11 is 0. The molecular weight excluding hydrogens is 421 g/mol. The second kappa shape index (κ2) is 10.0. The molecule has 1 atom stereocenters. The van der Waals surface area contributed by atoms with E-state index in [0.717, 1.165) is 24.5 Å². The average molecular weight is 448 g/mol. The van der Waals surface area contributed by atoms with Gasteiger partial charge >= 0.3 is 11.8 Å². The topological polar surface area (TPSA) is 95.6 Å². The predicted octanol–water partition coefficient (Wildman–Crippen LogP) is 2.82. The molecule has 7 nitrogen and oxygen atoms in total. The number of nitrogens with one attached hydrogen (secondary N) is 2. The molecule has 3 rings (SSSR count). The van der Waals surface area contributed by atoms with Crippen LogP contribution in [-0.2, 0) is 19.6 Å². The summed E-state index contributed by atoms with van der Waals surface area (Å²) in [5.41, 5.74) is 1.16. The van der Waals surface area contributed by atoms with Crippen molar-refractivity contribution in [1.29, 1.82) is 0 Å². The predicted molar refractivity (Wildman–Crippen MR) is 115 cm³/mol. The molecule has 1 heterocycles. The van der Waals surface area contributed by atoms with Crippen LogP contribution in [0.25, 0.3) is 0 Å². The van der Waals surface area contributed by atoms with Gasteiger partial charge in [-0.05, 0) is 56.5 Å². The Hall–Kier alpha value is -2.78. The number of nitrogens with zero attached hydrogens (tertiary/aromatic N) is 1. The minimum Gasteiger partial charge on any atom is -0.348 e. The third-order valence-corrected chi connectivity index (χ3v) is 7.22. The van der Waals surface area contributed by atoms with E-state index in [4.69, 9.17) is 0 Å². The lowest BCUT2D eigenvalue weighted by atomic mass is 10.0. The van der Waals surface area contributed by atoms with Crippen LogP contribution < -0.4 is 10.6 Å². The molecule has 0 unspecified atom stereocenters. The number of piperidine rings is 1. The quantitative estimate of drug-likeness (QED) is 0.666. The van der Waals surface area contributed by atoms with Crippen LogP contribution in [0.4, 0.5) is 10.1 Å². The minimum atomic E-state index is -3.63. The maximum absolute atomic E-state index is 13.2. The first-order valence-corrected chi connectivity index (χ1v) is 11.6. The van der Waals surface area contributed by atoms with Crippen molar-refractivity contribution in [3.8, 4) is 0 Å². The standard InChI is InChI=1S/C22H26FN3O4S/c1-16-8-10-20(11-9-16)31(29,30)26-14-3-2-7-19(26)12-13-24-21(27)22(28)25-18-6-4-5-17(23)15-18/h4-6,8-11,15,19H,2-3,7,12-14H2,1H3,(H,24,27)(H,25,28)/t19-/m0/s1. The number of carbonyl (C=O) groups is 2. The van der Waals surface area contributed by atoms with Crippen LogP contribution in [-0.4, -0.2) is 43.7 Å². The van der Waals surface area contributed by atoms with Gasteiger partial charge in [0.2, 0.25) is 10.0 Å². The van der Waals surface area contributed by atoms with Gasteiger partial charge in [-0.25, -0.2) is 12.8 Å². The first kappa shape index (κ1) is 22.9. The van der Waals surface area contributed by atoms with Crippen LogP contribution >= 0.6 is 0 Å². The second-order valence-corrected chi connectivity index (χ2v) is 9.48. The molecule has 0 aliphatic carbocycles. The highest BCUT2D eigenvalue weighted by Gasteiger charge is 2.33. The Morgan fingerprint density at radius 2 is 1.84 bits per heavy atom. The highest BCUT2D eigenvalue weighted by atomic mass is 32.2. The molecule has 0 radical (unpaired) electrons. The Balaban J connectivity index is 1.57. The van der Waals surface area contributed by atoms with E-state index in [0.29, 0.717) is 19.4 Å². The highest BCUT2D eigenvalue weighted by Crippen LogP contribution is 2.27. The van der Waals surface area contributed by atoms with E-state index in [1.54, 1.807) is 24.3 Å². The van der Waals surface area contributed by atoms with Crippen LogP contribution in [0.15, 0.2) is 53.4 Å². The molecule has 166 valence electrons. The zero-order valence-corrected chi connectivity index (χ0v) is 18.1. The molecule has 0 aromatic heterocycles. The molecule has 31 heavy (non-hydrogen) atoms. The molecular formula is C22H26FN3O4S. The molecule has 1 aliphatic heterocycles.